The predicted octanol–water partition coefficient (Wildman–Crippen LogP) is 3.94. The van der Waals surface area contributed by atoms with E-state index in [1.54, 1.807) is 12.4 Å². The van der Waals surface area contributed by atoms with Crippen LogP contribution in [0.5, 0.6) is 0 Å². The number of amides is 1. The summed E-state index contributed by atoms with van der Waals surface area (Å²) in [6.45, 7) is 4.09. The first-order chi connectivity index (χ1) is 13.3. The van der Waals surface area contributed by atoms with Gasteiger partial charge in [0.2, 0.25) is 0 Å². The molecule has 1 atom stereocenters. The molecule has 3 aromatic rings. The molecule has 3 heterocycles. The van der Waals surface area contributed by atoms with E-state index < -0.39 is 0 Å². The monoisotopic (exact) mass is 361 g/mol. The van der Waals surface area contributed by atoms with Crippen molar-refractivity contribution in [3.63, 3.8) is 0 Å². The fourth-order valence-electron chi connectivity index (χ4n) is 3.58. The van der Waals surface area contributed by atoms with E-state index in [1.165, 1.54) is 0 Å². The maximum Gasteiger partial charge on any atom is 0.254 e. The molecule has 0 bridgehead atoms. The van der Waals surface area contributed by atoms with Crippen molar-refractivity contribution in [2.24, 2.45) is 0 Å². The lowest BCUT2D eigenvalue weighted by molar-refractivity contribution is 0.0540. The summed E-state index contributed by atoms with van der Waals surface area (Å²) >= 11 is 0. The van der Waals surface area contributed by atoms with Crippen molar-refractivity contribution >= 4 is 16.8 Å². The molecule has 1 saturated heterocycles. The van der Waals surface area contributed by atoms with Crippen molar-refractivity contribution in [2.75, 3.05) is 19.7 Å². The van der Waals surface area contributed by atoms with Gasteiger partial charge in [-0.25, -0.2) is 4.98 Å². The van der Waals surface area contributed by atoms with Crippen molar-refractivity contribution in [3.05, 3.63) is 60.4 Å². The fourth-order valence-corrected chi connectivity index (χ4v) is 3.58. The number of likely N-dealkylation sites (N-methyl/N-ethyl adjacent to an activating group) is 1. The quantitative estimate of drug-likeness (QED) is 0.691. The summed E-state index contributed by atoms with van der Waals surface area (Å²) in [6, 6.07) is 13.5. The van der Waals surface area contributed by atoms with Crippen LogP contribution in [0.4, 0.5) is 0 Å². The van der Waals surface area contributed by atoms with E-state index in [0.29, 0.717) is 18.7 Å². The zero-order valence-corrected chi connectivity index (χ0v) is 15.5. The maximum atomic E-state index is 13.4. The number of nitrogens with zero attached hydrogens (tertiary/aromatic N) is 3. The van der Waals surface area contributed by atoms with Crippen molar-refractivity contribution in [2.45, 2.75) is 25.9 Å². The Kier molecular flexibility index (Phi) is 5.12. The normalized spacial score (nSPS) is 16.6. The highest BCUT2D eigenvalue weighted by molar-refractivity contribution is 6.07. The van der Waals surface area contributed by atoms with E-state index in [9.17, 15) is 4.79 Å². The van der Waals surface area contributed by atoms with Gasteiger partial charge in [0.1, 0.15) is 0 Å². The summed E-state index contributed by atoms with van der Waals surface area (Å²) in [4.78, 5) is 24.1. The maximum absolute atomic E-state index is 13.4. The lowest BCUT2D eigenvalue weighted by atomic mass is 10.0. The van der Waals surface area contributed by atoms with Crippen LogP contribution in [0.15, 0.2) is 54.9 Å². The zero-order chi connectivity index (χ0) is 18.6. The predicted molar refractivity (Wildman–Crippen MR) is 106 cm³/mol. The Morgan fingerprint density at radius 3 is 2.78 bits per heavy atom. The second kappa shape index (κ2) is 7.84. The first-order valence-electron chi connectivity index (χ1n) is 9.47. The van der Waals surface area contributed by atoms with E-state index in [1.807, 2.05) is 54.3 Å². The number of hydrogen-bond acceptors (Lipinski definition) is 4. The van der Waals surface area contributed by atoms with Crippen molar-refractivity contribution < 1.29 is 9.53 Å². The van der Waals surface area contributed by atoms with E-state index >= 15 is 0 Å². The molecule has 0 aliphatic carbocycles. The topological polar surface area (TPSA) is 55.3 Å². The van der Waals surface area contributed by atoms with Gasteiger partial charge < -0.3 is 9.64 Å². The average molecular weight is 361 g/mol. The molecule has 1 aromatic carbocycles. The zero-order valence-electron chi connectivity index (χ0n) is 15.5. The summed E-state index contributed by atoms with van der Waals surface area (Å²) in [5.74, 6) is 0.0295. The molecule has 5 nitrogen and oxygen atoms in total. The molecule has 0 unspecified atom stereocenters. The molecule has 1 aliphatic rings. The van der Waals surface area contributed by atoms with Gasteiger partial charge >= 0.3 is 0 Å². The summed E-state index contributed by atoms with van der Waals surface area (Å²) in [5.41, 5.74) is 3.25. The standard InChI is InChI=1S/C22H23N3O2/c1-2-25(15-17-6-5-13-27-17)22(26)19-14-21(16-9-11-23-12-10-16)24-20-8-4-3-7-18(19)20/h3-4,7-12,14,17H,2,5-6,13,15H2,1H3/t17-/m0/s1. The Bertz CT molecular complexity index is 937. The number of pyridine rings is 2. The van der Waals surface area contributed by atoms with Crippen LogP contribution in [0, 0.1) is 0 Å². The van der Waals surface area contributed by atoms with Gasteiger partial charge in [0.15, 0.2) is 0 Å². The van der Waals surface area contributed by atoms with Gasteiger partial charge in [-0.2, -0.15) is 0 Å². The van der Waals surface area contributed by atoms with Crippen LogP contribution in [0.25, 0.3) is 22.2 Å². The molecular weight excluding hydrogens is 338 g/mol. The average Bonchev–Trinajstić information content (AvgIpc) is 3.24. The highest BCUT2D eigenvalue weighted by atomic mass is 16.5. The number of benzene rings is 1. The second-order valence-corrected chi connectivity index (χ2v) is 6.79. The van der Waals surface area contributed by atoms with Crippen molar-refractivity contribution in [1.82, 2.24) is 14.9 Å². The molecule has 5 heteroatoms. The van der Waals surface area contributed by atoms with Gasteiger partial charge in [0.05, 0.1) is 22.9 Å². The van der Waals surface area contributed by atoms with Crippen LogP contribution in [-0.4, -0.2) is 46.6 Å². The SMILES string of the molecule is CCN(C[C@@H]1CCCO1)C(=O)c1cc(-c2ccncc2)nc2ccccc12. The number of hydrogen-bond donors (Lipinski definition) is 0. The molecule has 27 heavy (non-hydrogen) atoms. The Balaban J connectivity index is 1.75. The first kappa shape index (κ1) is 17.6. The fraction of sp³-hybridized carbons (Fsp3) is 0.318. The molecule has 0 saturated carbocycles. The largest absolute Gasteiger partial charge is 0.376 e. The lowest BCUT2D eigenvalue weighted by Crippen LogP contribution is -2.37. The van der Waals surface area contributed by atoms with Crippen LogP contribution < -0.4 is 0 Å². The minimum atomic E-state index is 0.0295. The van der Waals surface area contributed by atoms with E-state index in [4.69, 9.17) is 9.72 Å². The van der Waals surface area contributed by atoms with Crippen LogP contribution in [0.3, 0.4) is 0 Å². The van der Waals surface area contributed by atoms with Crippen LogP contribution in [0.2, 0.25) is 0 Å². The third-order valence-corrected chi connectivity index (χ3v) is 5.04. The lowest BCUT2D eigenvalue weighted by Gasteiger charge is -2.25. The third-order valence-electron chi connectivity index (χ3n) is 5.04. The first-order valence-corrected chi connectivity index (χ1v) is 9.47. The number of rotatable bonds is 5. The summed E-state index contributed by atoms with van der Waals surface area (Å²) < 4.78 is 5.74. The molecule has 2 aromatic heterocycles. The highest BCUT2D eigenvalue weighted by Crippen LogP contribution is 2.26. The van der Waals surface area contributed by atoms with Gasteiger partial charge in [-0.3, -0.25) is 9.78 Å². The molecule has 1 fully saturated rings. The Labute approximate surface area is 159 Å². The molecule has 138 valence electrons. The van der Waals surface area contributed by atoms with Crippen molar-refractivity contribution in [3.8, 4) is 11.3 Å². The molecule has 0 N–H and O–H groups in total. The molecule has 1 aliphatic heterocycles. The number of ether oxygens (including phenoxy) is 1. The summed E-state index contributed by atoms with van der Waals surface area (Å²) in [5, 5.41) is 0.881. The number of para-hydroxylation sites is 1. The smallest absolute Gasteiger partial charge is 0.254 e. The van der Waals surface area contributed by atoms with Gasteiger partial charge in [0, 0.05) is 43.0 Å². The summed E-state index contributed by atoms with van der Waals surface area (Å²) in [6.07, 6.45) is 5.71. The molecule has 0 spiro atoms. The van der Waals surface area contributed by atoms with Crippen LogP contribution in [0.1, 0.15) is 30.1 Å². The second-order valence-electron chi connectivity index (χ2n) is 6.79. The van der Waals surface area contributed by atoms with Crippen LogP contribution >= 0.6 is 0 Å². The third kappa shape index (κ3) is 3.69. The summed E-state index contributed by atoms with van der Waals surface area (Å²) in [7, 11) is 0. The van der Waals surface area contributed by atoms with E-state index in [0.717, 1.165) is 41.6 Å². The minimum Gasteiger partial charge on any atom is -0.376 e. The van der Waals surface area contributed by atoms with Gasteiger partial charge in [-0.05, 0) is 44.0 Å². The number of carbonyl (C=O) groups is 1. The minimum absolute atomic E-state index is 0.0295. The molecule has 0 radical (unpaired) electrons. The molecule has 4 rings (SSSR count). The molecular formula is C22H23N3O2. The molecule has 1 amide bonds. The van der Waals surface area contributed by atoms with Gasteiger partial charge in [-0.1, -0.05) is 18.2 Å². The number of carbonyl (C=O) groups excluding carboxylic acids is 1. The highest BCUT2D eigenvalue weighted by Gasteiger charge is 2.24. The Morgan fingerprint density at radius 1 is 1.22 bits per heavy atom. The van der Waals surface area contributed by atoms with E-state index in [2.05, 4.69) is 4.98 Å². The Hall–Kier alpha value is -2.79. The van der Waals surface area contributed by atoms with Crippen LogP contribution in [-0.2, 0) is 4.74 Å². The van der Waals surface area contributed by atoms with Gasteiger partial charge in [-0.15, -0.1) is 0 Å². The number of aromatic nitrogens is 2. The van der Waals surface area contributed by atoms with E-state index in [-0.39, 0.29) is 12.0 Å². The number of fused-ring (bicyclic) bond motifs is 1. The van der Waals surface area contributed by atoms with Gasteiger partial charge in [0.25, 0.3) is 5.91 Å². The van der Waals surface area contributed by atoms with Crippen molar-refractivity contribution in [1.29, 1.82) is 0 Å². The Morgan fingerprint density at radius 2 is 2.04 bits per heavy atom.